The van der Waals surface area contributed by atoms with Crippen LogP contribution in [0.15, 0.2) is 0 Å². The van der Waals surface area contributed by atoms with Gasteiger partial charge in [0.2, 0.25) is 0 Å². The van der Waals surface area contributed by atoms with Gasteiger partial charge >= 0.3 is 39.9 Å². The molecule has 0 aromatic rings. The van der Waals surface area contributed by atoms with Gasteiger partial charge in [0.05, 0.1) is 0 Å². The van der Waals surface area contributed by atoms with E-state index < -0.39 is 8.24 Å². The predicted molar refractivity (Wildman–Crippen MR) is 118 cm³/mol. The van der Waals surface area contributed by atoms with Crippen molar-refractivity contribution in [1.29, 1.82) is 0 Å². The normalized spacial score (nSPS) is 28.4. The van der Waals surface area contributed by atoms with Gasteiger partial charge < -0.3 is 23.0 Å². The number of hydrogen-bond acceptors (Lipinski definition) is 0. The first-order chi connectivity index (χ1) is 10.3. The van der Waals surface area contributed by atoms with E-state index in [1.807, 2.05) is 0 Å². The summed E-state index contributed by atoms with van der Waals surface area (Å²) in [6.45, 7) is 21.5. The molecule has 1 rings (SSSR count). The van der Waals surface area contributed by atoms with Crippen molar-refractivity contribution in [3.05, 3.63) is 23.0 Å². The summed E-state index contributed by atoms with van der Waals surface area (Å²) in [5.41, 5.74) is 0.983. The van der Waals surface area contributed by atoms with Crippen molar-refractivity contribution < 1.29 is 39.9 Å². The summed E-state index contributed by atoms with van der Waals surface area (Å²) < 4.78 is 0. The van der Waals surface area contributed by atoms with Crippen LogP contribution in [0, 0.1) is 71.0 Å². The Balaban J connectivity index is -0.000000242. The van der Waals surface area contributed by atoms with E-state index in [0.29, 0.717) is 0 Å². The van der Waals surface area contributed by atoms with E-state index in [4.69, 9.17) is 4.98 Å². The van der Waals surface area contributed by atoms with Crippen LogP contribution in [0.2, 0.25) is 18.6 Å². The fourth-order valence-corrected chi connectivity index (χ4v) is 9.37. The molecule has 5 heteroatoms. The monoisotopic (exact) mass is 589 g/mol. The minimum atomic E-state index is -1.49. The van der Waals surface area contributed by atoms with Crippen LogP contribution in [-0.4, -0.2) is 42.0 Å². The van der Waals surface area contributed by atoms with Gasteiger partial charge in [-0.25, -0.2) is 0 Å². The number of rotatable bonds is 2. The van der Waals surface area contributed by atoms with E-state index in [0.717, 1.165) is 29.2 Å². The van der Waals surface area contributed by atoms with Crippen molar-refractivity contribution in [3.8, 4) is 0 Å². The standard InChI is InChI=1S/C15H32NSi.2C2H6N.CH3.Th/c1-10-11(2)13(4)14(12(10)3)17(8,9)16-15(5,6)7;2*1-3-2;;/h10-14H,1-9H3;2*1-2H3;1H3;/q4*-1;+4/t10-,11?,12-,13?,14?;;;;/m1..../s1. The fraction of sp³-hybridized carbons (Fsp3) is 0.950. The van der Waals surface area contributed by atoms with Crippen LogP contribution in [0.1, 0.15) is 48.5 Å². The molecule has 3 nitrogen and oxygen atoms in total. The Morgan fingerprint density at radius 1 is 0.680 bits per heavy atom. The van der Waals surface area contributed by atoms with Gasteiger partial charge in [0, 0.05) is 0 Å². The molecular formula is C20H47N3SiTh. The molecular weight excluding hydrogens is 542 g/mol. The maximum atomic E-state index is 5.23. The molecule has 0 heterocycles. The van der Waals surface area contributed by atoms with Gasteiger partial charge in [-0.3, -0.25) is 0 Å². The molecule has 0 radical (unpaired) electrons. The zero-order valence-electron chi connectivity index (χ0n) is 19.7. The van der Waals surface area contributed by atoms with E-state index in [-0.39, 0.29) is 52.9 Å². The molecule has 25 heavy (non-hydrogen) atoms. The first kappa shape index (κ1) is 34.0. The molecule has 5 atom stereocenters. The maximum Gasteiger partial charge on any atom is 4.00 e. The van der Waals surface area contributed by atoms with Crippen LogP contribution in [0.25, 0.3) is 15.6 Å². The molecule has 0 bridgehead atoms. The van der Waals surface area contributed by atoms with Gasteiger partial charge in [0.1, 0.15) is 0 Å². The average Bonchev–Trinajstić information content (AvgIpc) is 2.53. The third-order valence-electron chi connectivity index (χ3n) is 5.06. The first-order valence-corrected chi connectivity index (χ1v) is 12.0. The second kappa shape index (κ2) is 15.4. The van der Waals surface area contributed by atoms with E-state index in [1.54, 1.807) is 28.2 Å². The quantitative estimate of drug-likeness (QED) is 0.246. The Bertz CT molecular complexity index is 290. The third kappa shape index (κ3) is 12.5. The van der Waals surface area contributed by atoms with Crippen LogP contribution in [0.5, 0.6) is 0 Å². The van der Waals surface area contributed by atoms with E-state index in [2.05, 4.69) is 72.2 Å². The maximum absolute atomic E-state index is 5.23. The van der Waals surface area contributed by atoms with Gasteiger partial charge in [0.15, 0.2) is 0 Å². The zero-order valence-corrected chi connectivity index (χ0v) is 24.8. The molecule has 3 unspecified atom stereocenters. The van der Waals surface area contributed by atoms with Gasteiger partial charge in [-0.05, 0) is 23.7 Å². The second-order valence-corrected chi connectivity index (χ2v) is 13.0. The summed E-state index contributed by atoms with van der Waals surface area (Å²) in [6, 6.07) is 0. The summed E-state index contributed by atoms with van der Waals surface area (Å²) in [7, 11) is 5.51. The summed E-state index contributed by atoms with van der Waals surface area (Å²) >= 11 is 0. The molecule has 0 saturated heterocycles. The topological polar surface area (TPSA) is 42.3 Å². The largest absolute Gasteiger partial charge is 4.00 e. The van der Waals surface area contributed by atoms with Crippen molar-refractivity contribution in [1.82, 2.24) is 0 Å². The minimum Gasteiger partial charge on any atom is -0.668 e. The molecule has 1 aliphatic rings. The van der Waals surface area contributed by atoms with Gasteiger partial charge in [-0.15, -0.1) is 5.54 Å². The SMILES string of the molecule is CC1C(C)[C@@H](C)[C@@H](C)C1[Si](C)(C)[N-]C(C)(C)C.C[N-]C.C[N-]C.[CH3-].[Th+4]. The van der Waals surface area contributed by atoms with E-state index >= 15 is 0 Å². The molecule has 0 aliphatic heterocycles. The van der Waals surface area contributed by atoms with Crippen LogP contribution in [0.4, 0.5) is 0 Å². The second-order valence-electron chi connectivity index (χ2n) is 8.79. The molecule has 0 aromatic carbocycles. The third-order valence-corrected chi connectivity index (χ3v) is 8.99. The molecule has 0 spiro atoms. The van der Waals surface area contributed by atoms with Crippen molar-refractivity contribution >= 4 is 8.24 Å². The molecule has 0 N–H and O–H groups in total. The van der Waals surface area contributed by atoms with E-state index in [1.165, 1.54) is 0 Å². The molecule has 0 aromatic heterocycles. The average molecular weight is 590 g/mol. The van der Waals surface area contributed by atoms with Gasteiger partial charge in [-0.2, -0.15) is 28.2 Å². The summed E-state index contributed by atoms with van der Waals surface area (Å²) in [6.07, 6.45) is 0. The molecule has 1 fully saturated rings. The summed E-state index contributed by atoms with van der Waals surface area (Å²) in [5, 5.41) is 7.00. The van der Waals surface area contributed by atoms with Crippen LogP contribution in [0.3, 0.4) is 0 Å². The van der Waals surface area contributed by atoms with Crippen LogP contribution in [-0.2, 0) is 0 Å². The van der Waals surface area contributed by atoms with Gasteiger partial charge in [0.25, 0.3) is 0 Å². The Morgan fingerprint density at radius 2 is 0.920 bits per heavy atom. The number of nitrogens with zero attached hydrogens (tertiary/aromatic N) is 3. The smallest absolute Gasteiger partial charge is 0.668 e. The molecule has 1 saturated carbocycles. The van der Waals surface area contributed by atoms with Crippen molar-refractivity contribution in [2.45, 2.75) is 72.6 Å². The Hall–Kier alpha value is 1.42. The number of hydrogen-bond donors (Lipinski definition) is 0. The minimum absolute atomic E-state index is 0. The van der Waals surface area contributed by atoms with Crippen molar-refractivity contribution in [2.75, 3.05) is 28.2 Å². The van der Waals surface area contributed by atoms with Crippen molar-refractivity contribution in [3.63, 3.8) is 0 Å². The Kier molecular flexibility index (Phi) is 20.9. The predicted octanol–water partition coefficient (Wildman–Crippen LogP) is 6.98. The van der Waals surface area contributed by atoms with Crippen LogP contribution < -0.4 is 0 Å². The Morgan fingerprint density at radius 3 is 1.12 bits per heavy atom. The van der Waals surface area contributed by atoms with Crippen LogP contribution >= 0.6 is 0 Å². The first-order valence-electron chi connectivity index (χ1n) is 9.00. The Labute approximate surface area is 194 Å². The molecule has 1 aliphatic carbocycles. The summed E-state index contributed by atoms with van der Waals surface area (Å²) in [5.74, 6) is 3.40. The van der Waals surface area contributed by atoms with Gasteiger partial charge in [-0.1, -0.05) is 75.3 Å². The summed E-state index contributed by atoms with van der Waals surface area (Å²) in [4.78, 5) is 5.23. The molecule has 150 valence electrons. The zero-order chi connectivity index (χ0) is 19.0. The van der Waals surface area contributed by atoms with E-state index in [9.17, 15) is 0 Å². The molecule has 0 amide bonds. The fourth-order valence-electron chi connectivity index (χ4n) is 4.32. The van der Waals surface area contributed by atoms with Crippen molar-refractivity contribution in [2.24, 2.45) is 23.7 Å².